The number of methoxy groups -OCH3 is 1. The Bertz CT molecular complexity index is 637. The van der Waals surface area contributed by atoms with E-state index in [4.69, 9.17) is 9.15 Å². The van der Waals surface area contributed by atoms with Gasteiger partial charge in [-0.3, -0.25) is 4.79 Å². The molecule has 0 aliphatic rings. The van der Waals surface area contributed by atoms with Gasteiger partial charge in [0.1, 0.15) is 5.75 Å². The highest BCUT2D eigenvalue weighted by atomic mass is 16.5. The zero-order chi connectivity index (χ0) is 15.4. The minimum Gasteiger partial charge on any atom is -0.491 e. The summed E-state index contributed by atoms with van der Waals surface area (Å²) in [5.41, 5.74) is 0.455. The summed E-state index contributed by atoms with van der Waals surface area (Å²) in [4.78, 5) is 23.5. The normalized spacial score (nSPS) is 10.5. The Morgan fingerprint density at radius 3 is 2.19 bits per heavy atom. The lowest BCUT2D eigenvalue weighted by molar-refractivity contribution is 0.0563. The van der Waals surface area contributed by atoms with Crippen molar-refractivity contribution < 1.29 is 23.5 Å². The number of ether oxygens (including phenoxy) is 2. The van der Waals surface area contributed by atoms with Gasteiger partial charge in [-0.25, -0.2) is 4.79 Å². The number of hydrogen-bond donors (Lipinski definition) is 0. The molecule has 0 spiro atoms. The van der Waals surface area contributed by atoms with Crippen molar-refractivity contribution in [1.29, 1.82) is 0 Å². The molecular weight excluding hydrogens is 272 g/mol. The van der Waals surface area contributed by atoms with Crippen LogP contribution < -0.4 is 4.74 Å². The van der Waals surface area contributed by atoms with Crippen molar-refractivity contribution >= 4 is 11.8 Å². The quantitative estimate of drug-likeness (QED) is 0.625. The standard InChI is InChI=1S/C16H16O5/c1-10(2)20-12-6-4-11(5-7-12)15(17)13-8-9-14(21-13)16(18)19-3/h4-10H,1-3H3. The Hall–Kier alpha value is -2.56. The molecule has 0 amide bonds. The van der Waals surface area contributed by atoms with Crippen molar-refractivity contribution in [2.45, 2.75) is 20.0 Å². The van der Waals surface area contributed by atoms with Crippen LogP contribution in [0.4, 0.5) is 0 Å². The van der Waals surface area contributed by atoms with Crippen molar-refractivity contribution in [2.24, 2.45) is 0 Å². The van der Waals surface area contributed by atoms with E-state index >= 15 is 0 Å². The first kappa shape index (κ1) is 14.8. The molecular formula is C16H16O5. The molecule has 0 saturated heterocycles. The Morgan fingerprint density at radius 2 is 1.62 bits per heavy atom. The Labute approximate surface area is 122 Å². The maximum atomic E-state index is 12.2. The van der Waals surface area contributed by atoms with E-state index in [0.717, 1.165) is 0 Å². The van der Waals surface area contributed by atoms with Gasteiger partial charge in [0.15, 0.2) is 5.76 Å². The zero-order valence-electron chi connectivity index (χ0n) is 12.1. The predicted molar refractivity (Wildman–Crippen MR) is 75.7 cm³/mol. The summed E-state index contributed by atoms with van der Waals surface area (Å²) in [6.07, 6.45) is 0.0687. The smallest absolute Gasteiger partial charge is 0.373 e. The van der Waals surface area contributed by atoms with Crippen LogP contribution >= 0.6 is 0 Å². The highest BCUT2D eigenvalue weighted by Crippen LogP contribution is 2.18. The second kappa shape index (κ2) is 6.26. The molecule has 0 aliphatic heterocycles. The molecule has 5 heteroatoms. The van der Waals surface area contributed by atoms with E-state index in [0.29, 0.717) is 11.3 Å². The van der Waals surface area contributed by atoms with Crippen LogP contribution in [0.5, 0.6) is 5.75 Å². The van der Waals surface area contributed by atoms with Crippen molar-refractivity contribution in [2.75, 3.05) is 7.11 Å². The zero-order valence-corrected chi connectivity index (χ0v) is 12.1. The van der Waals surface area contributed by atoms with Crippen LogP contribution in [0.1, 0.15) is 40.5 Å². The molecule has 1 heterocycles. The molecule has 0 N–H and O–H groups in total. The Kier molecular flexibility index (Phi) is 4.42. The van der Waals surface area contributed by atoms with Gasteiger partial charge in [0.2, 0.25) is 11.5 Å². The fraction of sp³-hybridized carbons (Fsp3) is 0.250. The molecule has 1 aromatic carbocycles. The van der Waals surface area contributed by atoms with Crippen molar-refractivity contribution in [3.63, 3.8) is 0 Å². The van der Waals surface area contributed by atoms with Gasteiger partial charge in [0, 0.05) is 5.56 Å². The van der Waals surface area contributed by atoms with E-state index in [9.17, 15) is 9.59 Å². The number of carbonyl (C=O) groups is 2. The minimum atomic E-state index is -0.616. The predicted octanol–water partition coefficient (Wildman–Crippen LogP) is 3.08. The van der Waals surface area contributed by atoms with Gasteiger partial charge >= 0.3 is 5.97 Å². The number of esters is 1. The topological polar surface area (TPSA) is 65.7 Å². The Morgan fingerprint density at radius 1 is 1.00 bits per heavy atom. The third-order valence-electron chi connectivity index (χ3n) is 2.70. The van der Waals surface area contributed by atoms with E-state index < -0.39 is 5.97 Å². The van der Waals surface area contributed by atoms with Gasteiger partial charge in [-0.1, -0.05) is 0 Å². The highest BCUT2D eigenvalue weighted by molar-refractivity contribution is 6.07. The van der Waals surface area contributed by atoms with E-state index in [-0.39, 0.29) is 23.4 Å². The molecule has 0 fully saturated rings. The van der Waals surface area contributed by atoms with Gasteiger partial charge in [0.05, 0.1) is 13.2 Å². The molecule has 5 nitrogen and oxygen atoms in total. The molecule has 0 saturated carbocycles. The summed E-state index contributed by atoms with van der Waals surface area (Å²) in [5, 5.41) is 0. The molecule has 0 unspecified atom stereocenters. The number of ketones is 1. The van der Waals surface area contributed by atoms with E-state index in [2.05, 4.69) is 4.74 Å². The summed E-state index contributed by atoms with van der Waals surface area (Å²) in [5.74, 6) is -0.138. The Balaban J connectivity index is 2.16. The molecule has 0 atom stereocenters. The lowest BCUT2D eigenvalue weighted by Crippen LogP contribution is -2.06. The SMILES string of the molecule is COC(=O)c1ccc(C(=O)c2ccc(OC(C)C)cc2)o1. The summed E-state index contributed by atoms with van der Waals surface area (Å²) < 4.78 is 15.2. The van der Waals surface area contributed by atoms with Gasteiger partial charge in [-0.05, 0) is 50.2 Å². The van der Waals surface area contributed by atoms with Crippen LogP contribution in [0.25, 0.3) is 0 Å². The molecule has 110 valence electrons. The van der Waals surface area contributed by atoms with Crippen LogP contribution in [0.15, 0.2) is 40.8 Å². The third-order valence-corrected chi connectivity index (χ3v) is 2.70. The van der Waals surface area contributed by atoms with E-state index in [1.54, 1.807) is 24.3 Å². The van der Waals surface area contributed by atoms with Crippen LogP contribution in [-0.4, -0.2) is 25.0 Å². The second-order valence-corrected chi connectivity index (χ2v) is 4.68. The fourth-order valence-corrected chi connectivity index (χ4v) is 1.77. The van der Waals surface area contributed by atoms with Crippen molar-refractivity contribution in [1.82, 2.24) is 0 Å². The first-order chi connectivity index (χ1) is 10.0. The maximum Gasteiger partial charge on any atom is 0.373 e. The number of rotatable bonds is 5. The van der Waals surface area contributed by atoms with Crippen LogP contribution in [-0.2, 0) is 4.74 Å². The lowest BCUT2D eigenvalue weighted by Gasteiger charge is -2.09. The van der Waals surface area contributed by atoms with Crippen molar-refractivity contribution in [3.8, 4) is 5.75 Å². The van der Waals surface area contributed by atoms with Crippen LogP contribution in [0, 0.1) is 0 Å². The monoisotopic (exact) mass is 288 g/mol. The highest BCUT2D eigenvalue weighted by Gasteiger charge is 2.17. The first-order valence-corrected chi connectivity index (χ1v) is 6.51. The van der Waals surface area contributed by atoms with Gasteiger partial charge in [-0.15, -0.1) is 0 Å². The molecule has 2 rings (SSSR count). The average Bonchev–Trinajstić information content (AvgIpc) is 2.95. The van der Waals surface area contributed by atoms with Gasteiger partial charge in [-0.2, -0.15) is 0 Å². The van der Waals surface area contributed by atoms with E-state index in [1.807, 2.05) is 13.8 Å². The molecule has 2 aromatic rings. The number of carbonyl (C=O) groups excluding carboxylic acids is 2. The van der Waals surface area contributed by atoms with Crippen LogP contribution in [0.3, 0.4) is 0 Å². The fourth-order valence-electron chi connectivity index (χ4n) is 1.77. The molecule has 1 aromatic heterocycles. The first-order valence-electron chi connectivity index (χ1n) is 6.51. The summed E-state index contributed by atoms with van der Waals surface area (Å²) in [7, 11) is 1.25. The molecule has 0 bridgehead atoms. The number of benzene rings is 1. The average molecular weight is 288 g/mol. The minimum absolute atomic E-state index is 0.000566. The lowest BCUT2D eigenvalue weighted by atomic mass is 10.1. The molecule has 21 heavy (non-hydrogen) atoms. The maximum absolute atomic E-state index is 12.2. The number of hydrogen-bond acceptors (Lipinski definition) is 5. The molecule has 0 radical (unpaired) electrons. The van der Waals surface area contributed by atoms with Crippen molar-refractivity contribution in [3.05, 3.63) is 53.5 Å². The summed E-state index contributed by atoms with van der Waals surface area (Å²) in [6.45, 7) is 3.85. The van der Waals surface area contributed by atoms with E-state index in [1.165, 1.54) is 19.2 Å². The van der Waals surface area contributed by atoms with Crippen LogP contribution in [0.2, 0.25) is 0 Å². The van der Waals surface area contributed by atoms with Gasteiger partial charge < -0.3 is 13.9 Å². The largest absolute Gasteiger partial charge is 0.491 e. The van der Waals surface area contributed by atoms with Gasteiger partial charge in [0.25, 0.3) is 0 Å². The second-order valence-electron chi connectivity index (χ2n) is 4.68. The summed E-state index contributed by atoms with van der Waals surface area (Å²) in [6, 6.07) is 9.61. The number of furan rings is 1. The summed E-state index contributed by atoms with van der Waals surface area (Å²) >= 11 is 0. The third kappa shape index (κ3) is 3.51. The molecule has 0 aliphatic carbocycles.